The van der Waals surface area contributed by atoms with Crippen LogP contribution in [0.3, 0.4) is 0 Å². The number of nitrogens with two attached hydrogens (primary N) is 1. The summed E-state index contributed by atoms with van der Waals surface area (Å²) in [5, 5.41) is 11.8. The molecule has 0 aromatic heterocycles. The van der Waals surface area contributed by atoms with Crippen LogP contribution in [-0.4, -0.2) is 48.9 Å². The van der Waals surface area contributed by atoms with Crippen molar-refractivity contribution in [2.75, 3.05) is 19.8 Å². The Kier molecular flexibility index (Phi) is 5.88. The number of rotatable bonds is 6. The summed E-state index contributed by atoms with van der Waals surface area (Å²) in [6.07, 6.45) is 0.281. The van der Waals surface area contributed by atoms with Gasteiger partial charge >= 0.3 is 0 Å². The summed E-state index contributed by atoms with van der Waals surface area (Å²) < 4.78 is 10.8. The molecule has 1 heterocycles. The molecule has 120 valence electrons. The van der Waals surface area contributed by atoms with E-state index in [4.69, 9.17) is 20.3 Å². The second kappa shape index (κ2) is 7.88. The fourth-order valence-corrected chi connectivity index (χ4v) is 2.25. The third-order valence-electron chi connectivity index (χ3n) is 3.45. The molecule has 2 rings (SSSR count). The van der Waals surface area contributed by atoms with Crippen molar-refractivity contribution in [3.8, 4) is 0 Å². The van der Waals surface area contributed by atoms with E-state index in [9.17, 15) is 9.59 Å². The van der Waals surface area contributed by atoms with Crippen LogP contribution >= 0.6 is 0 Å². The number of carbonyl (C=O) groups excluding carboxylic acids is 2. The van der Waals surface area contributed by atoms with Gasteiger partial charge in [0.05, 0.1) is 25.4 Å². The van der Waals surface area contributed by atoms with E-state index in [1.165, 1.54) is 0 Å². The number of hydrogen-bond acceptors (Lipinski definition) is 5. The maximum Gasteiger partial charge on any atom is 0.251 e. The molecule has 7 heteroatoms. The number of primary amides is 1. The number of benzene rings is 1. The molecule has 22 heavy (non-hydrogen) atoms. The molecule has 0 bridgehead atoms. The molecule has 2 atom stereocenters. The van der Waals surface area contributed by atoms with Crippen molar-refractivity contribution in [1.29, 1.82) is 0 Å². The van der Waals surface area contributed by atoms with Gasteiger partial charge in [0, 0.05) is 12.2 Å². The van der Waals surface area contributed by atoms with Gasteiger partial charge in [0.15, 0.2) is 0 Å². The second-order valence-corrected chi connectivity index (χ2v) is 5.11. The van der Waals surface area contributed by atoms with E-state index < -0.39 is 5.91 Å². The first-order valence-corrected chi connectivity index (χ1v) is 7.08. The van der Waals surface area contributed by atoms with Gasteiger partial charge in [0.2, 0.25) is 5.91 Å². The molecule has 0 aliphatic carbocycles. The van der Waals surface area contributed by atoms with Crippen molar-refractivity contribution in [2.45, 2.75) is 25.2 Å². The van der Waals surface area contributed by atoms with Gasteiger partial charge in [-0.1, -0.05) is 12.1 Å². The van der Waals surface area contributed by atoms with Gasteiger partial charge in [0.1, 0.15) is 6.61 Å². The summed E-state index contributed by atoms with van der Waals surface area (Å²) in [6.45, 7) is 0.592. The standard InChI is InChI=1S/C15H20N2O5/c16-14(19)9-22-13-5-6-21-8-12(13)17-15(20)11-3-1-10(7-18)2-4-11/h1-4,12-13,18H,5-9H2,(H2,16,19)(H,17,20)/t12-,13+/m0/s1. The van der Waals surface area contributed by atoms with Crippen LogP contribution in [0.4, 0.5) is 0 Å². The molecule has 1 aliphatic heterocycles. The quantitative estimate of drug-likeness (QED) is 0.660. The Morgan fingerprint density at radius 1 is 1.36 bits per heavy atom. The molecule has 0 saturated carbocycles. The maximum absolute atomic E-state index is 12.2. The lowest BCUT2D eigenvalue weighted by Gasteiger charge is -2.31. The first kappa shape index (κ1) is 16.4. The first-order valence-electron chi connectivity index (χ1n) is 7.08. The Bertz CT molecular complexity index is 517. The van der Waals surface area contributed by atoms with Crippen molar-refractivity contribution >= 4 is 11.8 Å². The van der Waals surface area contributed by atoms with Gasteiger partial charge in [-0.3, -0.25) is 9.59 Å². The highest BCUT2D eigenvalue weighted by Gasteiger charge is 2.28. The number of hydrogen-bond donors (Lipinski definition) is 3. The van der Waals surface area contributed by atoms with Crippen LogP contribution in [0.1, 0.15) is 22.3 Å². The number of aliphatic hydroxyl groups excluding tert-OH is 1. The zero-order chi connectivity index (χ0) is 15.9. The average Bonchev–Trinajstić information content (AvgIpc) is 2.54. The predicted octanol–water partition coefficient (Wildman–Crippen LogP) is -0.432. The Morgan fingerprint density at radius 3 is 2.73 bits per heavy atom. The van der Waals surface area contributed by atoms with E-state index in [2.05, 4.69) is 5.32 Å². The number of nitrogens with one attached hydrogen (secondary N) is 1. The molecule has 2 amide bonds. The van der Waals surface area contributed by atoms with Gasteiger partial charge in [-0.15, -0.1) is 0 Å². The molecule has 1 aromatic rings. The van der Waals surface area contributed by atoms with Gasteiger partial charge in [-0.25, -0.2) is 0 Å². The van der Waals surface area contributed by atoms with E-state index in [1.807, 2.05) is 0 Å². The Labute approximate surface area is 128 Å². The molecule has 1 aliphatic rings. The van der Waals surface area contributed by atoms with E-state index in [0.717, 1.165) is 5.56 Å². The monoisotopic (exact) mass is 308 g/mol. The molecule has 1 fully saturated rings. The predicted molar refractivity (Wildman–Crippen MR) is 78.0 cm³/mol. The van der Waals surface area contributed by atoms with E-state index >= 15 is 0 Å². The van der Waals surface area contributed by atoms with Crippen molar-refractivity contribution in [2.24, 2.45) is 5.73 Å². The summed E-state index contributed by atoms with van der Waals surface area (Å²) in [5.41, 5.74) is 6.29. The fraction of sp³-hybridized carbons (Fsp3) is 0.467. The van der Waals surface area contributed by atoms with Crippen molar-refractivity contribution in [3.63, 3.8) is 0 Å². The highest BCUT2D eigenvalue weighted by molar-refractivity contribution is 5.94. The Morgan fingerprint density at radius 2 is 2.09 bits per heavy atom. The SMILES string of the molecule is NC(=O)CO[C@@H]1CCOC[C@@H]1NC(=O)c1ccc(CO)cc1. The minimum atomic E-state index is -0.545. The number of amides is 2. The fourth-order valence-electron chi connectivity index (χ4n) is 2.25. The Balaban J connectivity index is 1.96. The lowest BCUT2D eigenvalue weighted by Crippen LogP contribution is -2.51. The summed E-state index contributed by atoms with van der Waals surface area (Å²) >= 11 is 0. The molecule has 7 nitrogen and oxygen atoms in total. The smallest absolute Gasteiger partial charge is 0.251 e. The van der Waals surface area contributed by atoms with Crippen LogP contribution in [0.5, 0.6) is 0 Å². The average molecular weight is 308 g/mol. The highest BCUT2D eigenvalue weighted by atomic mass is 16.5. The van der Waals surface area contributed by atoms with Crippen LogP contribution in [0.25, 0.3) is 0 Å². The zero-order valence-electron chi connectivity index (χ0n) is 12.2. The van der Waals surface area contributed by atoms with Crippen LogP contribution in [0.15, 0.2) is 24.3 Å². The molecule has 0 unspecified atom stereocenters. The van der Waals surface area contributed by atoms with Gasteiger partial charge in [-0.2, -0.15) is 0 Å². The lowest BCUT2D eigenvalue weighted by atomic mass is 10.1. The molecule has 0 radical (unpaired) electrons. The number of aliphatic hydroxyl groups is 1. The Hall–Kier alpha value is -1.96. The van der Waals surface area contributed by atoms with Crippen molar-refractivity contribution < 1.29 is 24.2 Å². The van der Waals surface area contributed by atoms with Crippen molar-refractivity contribution in [3.05, 3.63) is 35.4 Å². The molecule has 1 aromatic carbocycles. The largest absolute Gasteiger partial charge is 0.392 e. The zero-order valence-corrected chi connectivity index (χ0v) is 12.2. The van der Waals surface area contributed by atoms with Gasteiger partial charge < -0.3 is 25.6 Å². The van der Waals surface area contributed by atoms with E-state index in [-0.39, 0.29) is 31.3 Å². The summed E-state index contributed by atoms with van der Waals surface area (Å²) in [5.74, 6) is -0.802. The lowest BCUT2D eigenvalue weighted by molar-refractivity contribution is -0.128. The van der Waals surface area contributed by atoms with Crippen molar-refractivity contribution in [1.82, 2.24) is 5.32 Å². The minimum absolute atomic E-state index is 0.0681. The third-order valence-corrected chi connectivity index (χ3v) is 3.45. The number of ether oxygens (including phenoxy) is 2. The normalized spacial score (nSPS) is 21.3. The maximum atomic E-state index is 12.2. The topological polar surface area (TPSA) is 111 Å². The minimum Gasteiger partial charge on any atom is -0.392 e. The van der Waals surface area contributed by atoms with Crippen LogP contribution < -0.4 is 11.1 Å². The molecular formula is C15H20N2O5. The van der Waals surface area contributed by atoms with Crippen LogP contribution in [0.2, 0.25) is 0 Å². The van der Waals surface area contributed by atoms with Crippen LogP contribution in [0, 0.1) is 0 Å². The summed E-state index contributed by atoms with van der Waals surface area (Å²) in [6, 6.07) is 6.33. The molecule has 4 N–H and O–H groups in total. The molecule has 0 spiro atoms. The third kappa shape index (κ3) is 4.52. The van der Waals surface area contributed by atoms with Gasteiger partial charge in [-0.05, 0) is 24.1 Å². The highest BCUT2D eigenvalue weighted by Crippen LogP contribution is 2.13. The van der Waals surface area contributed by atoms with E-state index in [0.29, 0.717) is 25.2 Å². The summed E-state index contributed by atoms with van der Waals surface area (Å²) in [7, 11) is 0. The summed E-state index contributed by atoms with van der Waals surface area (Å²) in [4.78, 5) is 23.0. The van der Waals surface area contributed by atoms with E-state index in [1.54, 1.807) is 24.3 Å². The second-order valence-electron chi connectivity index (χ2n) is 5.11. The van der Waals surface area contributed by atoms with Crippen LogP contribution in [-0.2, 0) is 20.9 Å². The first-order chi connectivity index (χ1) is 10.6. The molecule has 1 saturated heterocycles. The van der Waals surface area contributed by atoms with Gasteiger partial charge in [0.25, 0.3) is 5.91 Å². The number of carbonyl (C=O) groups is 2. The molecular weight excluding hydrogens is 288 g/mol.